The van der Waals surface area contributed by atoms with Gasteiger partial charge < -0.3 is 10.4 Å². The van der Waals surface area contributed by atoms with Gasteiger partial charge in [0.15, 0.2) is 0 Å². The van der Waals surface area contributed by atoms with E-state index in [9.17, 15) is 5.11 Å². The van der Waals surface area contributed by atoms with E-state index >= 15 is 0 Å². The molecule has 1 fully saturated rings. The van der Waals surface area contributed by atoms with Crippen LogP contribution in [0.1, 0.15) is 25.3 Å². The smallest absolute Gasteiger partial charge is 0.134 e. The van der Waals surface area contributed by atoms with Crippen molar-refractivity contribution in [3.05, 3.63) is 28.8 Å². The molecule has 1 aliphatic heterocycles. The van der Waals surface area contributed by atoms with Crippen molar-refractivity contribution in [3.63, 3.8) is 0 Å². The van der Waals surface area contributed by atoms with E-state index in [2.05, 4.69) is 24.0 Å². The van der Waals surface area contributed by atoms with Crippen molar-refractivity contribution in [1.82, 2.24) is 5.32 Å². The summed E-state index contributed by atoms with van der Waals surface area (Å²) >= 11 is 7.92. The van der Waals surface area contributed by atoms with Crippen LogP contribution in [0, 0.1) is 0 Å². The Morgan fingerprint density at radius 2 is 2.35 bits per heavy atom. The van der Waals surface area contributed by atoms with Crippen molar-refractivity contribution in [2.24, 2.45) is 0 Å². The predicted octanol–water partition coefficient (Wildman–Crippen LogP) is 3.42. The first kappa shape index (κ1) is 13.1. The van der Waals surface area contributed by atoms with E-state index in [1.54, 1.807) is 6.07 Å². The van der Waals surface area contributed by atoms with Gasteiger partial charge >= 0.3 is 0 Å². The van der Waals surface area contributed by atoms with E-state index in [1.807, 2.05) is 12.1 Å². The number of thioether (sulfide) groups is 1. The van der Waals surface area contributed by atoms with Crippen LogP contribution in [0.5, 0.6) is 5.75 Å². The number of phenolic OH excluding ortho intramolecular Hbond substituents is 1. The van der Waals surface area contributed by atoms with Crippen molar-refractivity contribution in [2.45, 2.75) is 31.1 Å². The standard InChI is InChI=1S/C13H18ClNOS/c1-13(5-2-6-17-13)9-15-8-10-3-4-12(16)11(14)7-10/h3-4,7,15-16H,2,5-6,8-9H2,1H3. The second kappa shape index (κ2) is 5.51. The van der Waals surface area contributed by atoms with Gasteiger partial charge in [0, 0.05) is 17.8 Å². The van der Waals surface area contributed by atoms with Gasteiger partial charge in [-0.3, -0.25) is 0 Å². The van der Waals surface area contributed by atoms with Gasteiger partial charge in [-0.2, -0.15) is 11.8 Å². The molecule has 1 aliphatic rings. The van der Waals surface area contributed by atoms with Crippen molar-refractivity contribution in [3.8, 4) is 5.75 Å². The molecule has 17 heavy (non-hydrogen) atoms. The van der Waals surface area contributed by atoms with Crippen LogP contribution in [0.15, 0.2) is 18.2 Å². The Hall–Kier alpha value is -0.380. The van der Waals surface area contributed by atoms with Gasteiger partial charge in [-0.15, -0.1) is 0 Å². The Bertz CT molecular complexity index is 391. The molecule has 1 aromatic rings. The van der Waals surface area contributed by atoms with Gasteiger partial charge in [0.2, 0.25) is 0 Å². The molecule has 4 heteroatoms. The number of nitrogens with one attached hydrogen (secondary N) is 1. The molecule has 1 saturated heterocycles. The van der Waals surface area contributed by atoms with E-state index in [-0.39, 0.29) is 5.75 Å². The van der Waals surface area contributed by atoms with Crippen LogP contribution in [0.4, 0.5) is 0 Å². The van der Waals surface area contributed by atoms with E-state index in [0.717, 1.165) is 18.7 Å². The summed E-state index contributed by atoms with van der Waals surface area (Å²) in [6.07, 6.45) is 2.62. The molecule has 0 aliphatic carbocycles. The van der Waals surface area contributed by atoms with E-state index in [0.29, 0.717) is 9.77 Å². The number of hydrogen-bond donors (Lipinski definition) is 2. The van der Waals surface area contributed by atoms with E-state index in [1.165, 1.54) is 18.6 Å². The van der Waals surface area contributed by atoms with Crippen LogP contribution >= 0.6 is 23.4 Å². The Labute approximate surface area is 112 Å². The molecule has 1 heterocycles. The fourth-order valence-electron chi connectivity index (χ4n) is 2.11. The summed E-state index contributed by atoms with van der Waals surface area (Å²) in [4.78, 5) is 0. The van der Waals surface area contributed by atoms with Crippen LogP contribution in [-0.4, -0.2) is 22.2 Å². The van der Waals surface area contributed by atoms with Crippen LogP contribution < -0.4 is 5.32 Å². The fraction of sp³-hybridized carbons (Fsp3) is 0.538. The van der Waals surface area contributed by atoms with Gasteiger partial charge in [-0.1, -0.05) is 17.7 Å². The summed E-state index contributed by atoms with van der Waals surface area (Å²) in [7, 11) is 0. The van der Waals surface area contributed by atoms with Crippen LogP contribution in [0.25, 0.3) is 0 Å². The molecule has 94 valence electrons. The van der Waals surface area contributed by atoms with Crippen molar-refractivity contribution in [1.29, 1.82) is 0 Å². The number of aromatic hydroxyl groups is 1. The summed E-state index contributed by atoms with van der Waals surface area (Å²) in [5.41, 5.74) is 1.11. The predicted molar refractivity (Wildman–Crippen MR) is 74.9 cm³/mol. The summed E-state index contributed by atoms with van der Waals surface area (Å²) < 4.78 is 0.390. The zero-order valence-electron chi connectivity index (χ0n) is 10.0. The minimum Gasteiger partial charge on any atom is -0.506 e. The quantitative estimate of drug-likeness (QED) is 0.880. The number of benzene rings is 1. The highest BCUT2D eigenvalue weighted by molar-refractivity contribution is 8.00. The number of hydrogen-bond acceptors (Lipinski definition) is 3. The molecule has 1 unspecified atom stereocenters. The normalized spacial score (nSPS) is 24.1. The minimum absolute atomic E-state index is 0.147. The van der Waals surface area contributed by atoms with Gasteiger partial charge in [-0.25, -0.2) is 0 Å². The molecule has 0 radical (unpaired) electrons. The average Bonchev–Trinajstić information content (AvgIpc) is 2.71. The second-order valence-electron chi connectivity index (χ2n) is 4.79. The molecule has 2 N–H and O–H groups in total. The molecule has 0 aromatic heterocycles. The monoisotopic (exact) mass is 271 g/mol. The third kappa shape index (κ3) is 3.54. The van der Waals surface area contributed by atoms with Crippen LogP contribution in [-0.2, 0) is 6.54 Å². The van der Waals surface area contributed by atoms with Crippen LogP contribution in [0.3, 0.4) is 0 Å². The third-order valence-electron chi connectivity index (χ3n) is 3.14. The summed E-state index contributed by atoms with van der Waals surface area (Å²) in [6, 6.07) is 5.36. The molecular formula is C13H18ClNOS. The fourth-order valence-corrected chi connectivity index (χ4v) is 3.59. The molecule has 0 bridgehead atoms. The van der Waals surface area contributed by atoms with Gasteiger partial charge in [0.25, 0.3) is 0 Å². The van der Waals surface area contributed by atoms with Crippen LogP contribution in [0.2, 0.25) is 5.02 Å². The highest BCUT2D eigenvalue weighted by Crippen LogP contribution is 2.37. The molecule has 2 rings (SSSR count). The first-order valence-electron chi connectivity index (χ1n) is 5.91. The lowest BCUT2D eigenvalue weighted by atomic mass is 10.1. The molecule has 0 amide bonds. The second-order valence-corrected chi connectivity index (χ2v) is 6.88. The number of halogens is 1. The lowest BCUT2D eigenvalue weighted by Gasteiger charge is -2.23. The zero-order chi connectivity index (χ0) is 12.3. The first-order valence-corrected chi connectivity index (χ1v) is 7.27. The van der Waals surface area contributed by atoms with E-state index < -0.39 is 0 Å². The number of rotatable bonds is 4. The molecule has 1 aromatic carbocycles. The highest BCUT2D eigenvalue weighted by Gasteiger charge is 2.28. The Morgan fingerprint density at radius 3 is 3.00 bits per heavy atom. The van der Waals surface area contributed by atoms with Crippen molar-refractivity contribution < 1.29 is 5.11 Å². The zero-order valence-corrected chi connectivity index (χ0v) is 11.6. The third-order valence-corrected chi connectivity index (χ3v) is 4.98. The van der Waals surface area contributed by atoms with Gasteiger partial charge in [0.1, 0.15) is 5.75 Å². The molecule has 2 nitrogen and oxygen atoms in total. The maximum atomic E-state index is 9.33. The highest BCUT2D eigenvalue weighted by atomic mass is 35.5. The Morgan fingerprint density at radius 1 is 1.53 bits per heavy atom. The maximum absolute atomic E-state index is 9.33. The molecular weight excluding hydrogens is 254 g/mol. The van der Waals surface area contributed by atoms with Gasteiger partial charge in [-0.05, 0) is 43.2 Å². The first-order chi connectivity index (χ1) is 8.09. The largest absolute Gasteiger partial charge is 0.506 e. The summed E-state index contributed by atoms with van der Waals surface area (Å²) in [6.45, 7) is 4.15. The lowest BCUT2D eigenvalue weighted by molar-refractivity contribution is 0.475. The topological polar surface area (TPSA) is 32.3 Å². The summed E-state index contributed by atoms with van der Waals surface area (Å²) in [5.74, 6) is 1.43. The number of phenols is 1. The Kier molecular flexibility index (Phi) is 4.23. The van der Waals surface area contributed by atoms with Crippen molar-refractivity contribution >= 4 is 23.4 Å². The lowest BCUT2D eigenvalue weighted by Crippen LogP contribution is -2.32. The minimum atomic E-state index is 0.147. The van der Waals surface area contributed by atoms with Crippen molar-refractivity contribution in [2.75, 3.05) is 12.3 Å². The SMILES string of the molecule is CC1(CNCc2ccc(O)c(Cl)c2)CCCS1. The average molecular weight is 272 g/mol. The maximum Gasteiger partial charge on any atom is 0.134 e. The van der Waals surface area contributed by atoms with Gasteiger partial charge in [0.05, 0.1) is 5.02 Å². The molecule has 0 saturated carbocycles. The molecule has 1 atom stereocenters. The Balaban J connectivity index is 1.83. The molecule has 0 spiro atoms. The summed E-state index contributed by atoms with van der Waals surface area (Å²) in [5, 5.41) is 13.2. The van der Waals surface area contributed by atoms with E-state index in [4.69, 9.17) is 11.6 Å².